The molecule has 0 radical (unpaired) electrons. The molecular weight excluding hydrogens is 320 g/mol. The maximum Gasteiger partial charge on any atom is 0.307 e. The van der Waals surface area contributed by atoms with Crippen molar-refractivity contribution in [3.63, 3.8) is 0 Å². The van der Waals surface area contributed by atoms with Crippen LogP contribution in [0.4, 0.5) is 11.4 Å². The van der Waals surface area contributed by atoms with Crippen molar-refractivity contribution in [2.75, 3.05) is 10.6 Å². The summed E-state index contributed by atoms with van der Waals surface area (Å²) in [6.07, 6.45) is 4.59. The van der Waals surface area contributed by atoms with Gasteiger partial charge in [-0.15, -0.1) is 0 Å². The molecule has 4 atom stereocenters. The normalized spacial score (nSPS) is 26.7. The second-order valence-corrected chi connectivity index (χ2v) is 7.05. The number of rotatable bonds is 5. The topological polar surface area (TPSA) is 95.5 Å². The number of carbonyl (C=O) groups is 3. The minimum absolute atomic E-state index is 0.0186. The van der Waals surface area contributed by atoms with Gasteiger partial charge in [-0.3, -0.25) is 14.4 Å². The van der Waals surface area contributed by atoms with E-state index in [1.165, 1.54) is 0 Å². The molecule has 0 saturated heterocycles. The first kappa shape index (κ1) is 17.2. The molecule has 2 amide bonds. The molecule has 0 spiro atoms. The number of aliphatic carboxylic acids is 1. The van der Waals surface area contributed by atoms with E-state index in [2.05, 4.69) is 10.6 Å². The lowest BCUT2D eigenvalue weighted by molar-refractivity contribution is -0.146. The fraction of sp³-hybridized carbons (Fsp3) is 0.421. The third-order valence-electron chi connectivity index (χ3n) is 4.97. The molecule has 0 aliphatic heterocycles. The highest BCUT2D eigenvalue weighted by molar-refractivity contribution is 5.97. The first-order chi connectivity index (χ1) is 11.9. The second kappa shape index (κ2) is 6.70. The number of carbonyl (C=O) groups excluding carboxylic acids is 2. The molecule has 4 unspecified atom stereocenters. The Bertz CT molecular complexity index is 741. The van der Waals surface area contributed by atoms with Gasteiger partial charge in [0.25, 0.3) is 0 Å². The van der Waals surface area contributed by atoms with Crippen LogP contribution in [0.15, 0.2) is 36.4 Å². The van der Waals surface area contributed by atoms with Gasteiger partial charge in [0.1, 0.15) is 0 Å². The second-order valence-electron chi connectivity index (χ2n) is 7.05. The quantitative estimate of drug-likeness (QED) is 0.717. The Morgan fingerprint density at radius 2 is 1.64 bits per heavy atom. The fourth-order valence-electron chi connectivity index (χ4n) is 3.70. The number of carboxylic acid groups (broad SMARTS) is 1. The molecule has 1 aromatic rings. The van der Waals surface area contributed by atoms with Crippen LogP contribution < -0.4 is 10.6 Å². The minimum Gasteiger partial charge on any atom is -0.481 e. The lowest BCUT2D eigenvalue weighted by Crippen LogP contribution is -2.36. The first-order valence-corrected chi connectivity index (χ1v) is 8.49. The van der Waals surface area contributed by atoms with Crippen molar-refractivity contribution in [2.24, 2.45) is 29.6 Å². The van der Waals surface area contributed by atoms with Crippen LogP contribution in [0.5, 0.6) is 0 Å². The zero-order valence-electron chi connectivity index (χ0n) is 14.2. The summed E-state index contributed by atoms with van der Waals surface area (Å²) in [7, 11) is 0. The van der Waals surface area contributed by atoms with Crippen LogP contribution in [0.2, 0.25) is 0 Å². The van der Waals surface area contributed by atoms with E-state index < -0.39 is 17.8 Å². The van der Waals surface area contributed by atoms with Crippen molar-refractivity contribution in [1.82, 2.24) is 0 Å². The molecule has 1 saturated carbocycles. The summed E-state index contributed by atoms with van der Waals surface area (Å²) in [4.78, 5) is 36.0. The summed E-state index contributed by atoms with van der Waals surface area (Å²) in [6.45, 7) is 3.60. The molecule has 1 aromatic carbocycles. The summed E-state index contributed by atoms with van der Waals surface area (Å²) < 4.78 is 0. The van der Waals surface area contributed by atoms with E-state index in [0.717, 1.165) is 6.42 Å². The number of hydrogen-bond donors (Lipinski definition) is 3. The fourth-order valence-corrected chi connectivity index (χ4v) is 3.70. The third kappa shape index (κ3) is 3.43. The highest BCUT2D eigenvalue weighted by Gasteiger charge is 2.51. The summed E-state index contributed by atoms with van der Waals surface area (Å²) in [6, 6.07) is 6.88. The lowest BCUT2D eigenvalue weighted by Gasteiger charge is -2.24. The molecular formula is C19H22N2O4. The molecule has 1 fully saturated rings. The molecule has 3 N–H and O–H groups in total. The monoisotopic (exact) mass is 342 g/mol. The van der Waals surface area contributed by atoms with Crippen LogP contribution in [0.25, 0.3) is 0 Å². The highest BCUT2D eigenvalue weighted by Crippen LogP contribution is 2.48. The molecule has 0 aromatic heterocycles. The maximum absolute atomic E-state index is 12.7. The lowest BCUT2D eigenvalue weighted by atomic mass is 9.82. The van der Waals surface area contributed by atoms with E-state index in [1.54, 1.807) is 38.1 Å². The Hall–Kier alpha value is -2.63. The number of fused-ring (bicyclic) bond motifs is 2. The number of allylic oxidation sites excluding steroid dienone is 2. The van der Waals surface area contributed by atoms with Crippen molar-refractivity contribution in [3.05, 3.63) is 36.4 Å². The Morgan fingerprint density at radius 3 is 2.24 bits per heavy atom. The molecule has 3 rings (SSSR count). The average molecular weight is 342 g/mol. The number of carboxylic acids is 1. The van der Waals surface area contributed by atoms with Crippen molar-refractivity contribution in [2.45, 2.75) is 20.3 Å². The molecule has 6 nitrogen and oxygen atoms in total. The number of nitrogens with one attached hydrogen (secondary N) is 2. The van der Waals surface area contributed by atoms with Gasteiger partial charge in [0, 0.05) is 17.3 Å². The highest BCUT2D eigenvalue weighted by atomic mass is 16.4. The summed E-state index contributed by atoms with van der Waals surface area (Å²) >= 11 is 0. The number of anilines is 2. The molecule has 6 heteroatoms. The summed E-state index contributed by atoms with van der Waals surface area (Å²) in [5, 5.41) is 15.0. The van der Waals surface area contributed by atoms with E-state index >= 15 is 0 Å². The molecule has 2 aliphatic rings. The van der Waals surface area contributed by atoms with Crippen LogP contribution >= 0.6 is 0 Å². The Balaban J connectivity index is 1.72. The molecule has 2 bridgehead atoms. The average Bonchev–Trinajstić information content (AvgIpc) is 3.15. The molecule has 0 heterocycles. The van der Waals surface area contributed by atoms with E-state index in [9.17, 15) is 19.5 Å². The smallest absolute Gasteiger partial charge is 0.307 e. The predicted octanol–water partition coefficient (Wildman–Crippen LogP) is 2.74. The van der Waals surface area contributed by atoms with Crippen molar-refractivity contribution in [1.29, 1.82) is 0 Å². The summed E-state index contributed by atoms with van der Waals surface area (Å²) in [5.74, 6) is -2.75. The van der Waals surface area contributed by atoms with Gasteiger partial charge >= 0.3 is 5.97 Å². The molecule has 132 valence electrons. The van der Waals surface area contributed by atoms with Crippen LogP contribution in [0, 0.1) is 29.6 Å². The van der Waals surface area contributed by atoms with Crippen molar-refractivity contribution < 1.29 is 19.5 Å². The number of amides is 2. The van der Waals surface area contributed by atoms with Crippen LogP contribution in [0.3, 0.4) is 0 Å². The van der Waals surface area contributed by atoms with Crippen LogP contribution in [-0.2, 0) is 14.4 Å². The van der Waals surface area contributed by atoms with Gasteiger partial charge in [-0.25, -0.2) is 0 Å². The number of hydrogen-bond acceptors (Lipinski definition) is 3. The zero-order valence-corrected chi connectivity index (χ0v) is 14.2. The standard InChI is InChI=1S/C19H22N2O4/c1-10(2)17(22)20-13-4-3-5-14(9-13)21-18(23)15-11-6-7-12(8-11)16(15)19(24)25/h3-7,9-12,15-16H,8H2,1-2H3,(H,20,22)(H,21,23)(H,24,25). The van der Waals surface area contributed by atoms with Crippen LogP contribution in [-0.4, -0.2) is 22.9 Å². The third-order valence-corrected chi connectivity index (χ3v) is 4.97. The van der Waals surface area contributed by atoms with Gasteiger partial charge in [0.2, 0.25) is 11.8 Å². The minimum atomic E-state index is -0.921. The van der Waals surface area contributed by atoms with E-state index in [1.807, 2.05) is 12.2 Å². The van der Waals surface area contributed by atoms with Gasteiger partial charge in [0.15, 0.2) is 0 Å². The van der Waals surface area contributed by atoms with Gasteiger partial charge in [-0.2, -0.15) is 0 Å². The maximum atomic E-state index is 12.7. The largest absolute Gasteiger partial charge is 0.481 e. The predicted molar refractivity (Wildman–Crippen MR) is 93.9 cm³/mol. The molecule has 25 heavy (non-hydrogen) atoms. The zero-order chi connectivity index (χ0) is 18.1. The van der Waals surface area contributed by atoms with Gasteiger partial charge in [-0.1, -0.05) is 32.1 Å². The van der Waals surface area contributed by atoms with E-state index in [-0.39, 0.29) is 29.6 Å². The van der Waals surface area contributed by atoms with E-state index in [4.69, 9.17) is 0 Å². The summed E-state index contributed by atoms with van der Waals surface area (Å²) in [5.41, 5.74) is 1.14. The van der Waals surface area contributed by atoms with Crippen molar-refractivity contribution >= 4 is 29.2 Å². The van der Waals surface area contributed by atoms with E-state index in [0.29, 0.717) is 11.4 Å². The number of benzene rings is 1. The SMILES string of the molecule is CC(C)C(=O)Nc1cccc(NC(=O)C2C3C=CC(C3)C2C(=O)O)c1. The van der Waals surface area contributed by atoms with Gasteiger partial charge in [0.05, 0.1) is 11.8 Å². The Morgan fingerprint density at radius 1 is 1.04 bits per heavy atom. The first-order valence-electron chi connectivity index (χ1n) is 8.49. The Labute approximate surface area is 146 Å². The van der Waals surface area contributed by atoms with Gasteiger partial charge in [-0.05, 0) is 36.5 Å². The van der Waals surface area contributed by atoms with Crippen LogP contribution in [0.1, 0.15) is 20.3 Å². The molecule has 2 aliphatic carbocycles. The van der Waals surface area contributed by atoms with Gasteiger partial charge < -0.3 is 15.7 Å². The Kier molecular flexibility index (Phi) is 4.61. The van der Waals surface area contributed by atoms with Crippen molar-refractivity contribution in [3.8, 4) is 0 Å².